The van der Waals surface area contributed by atoms with Crippen molar-refractivity contribution in [1.29, 1.82) is 0 Å². The highest BCUT2D eigenvalue weighted by molar-refractivity contribution is 14.1. The van der Waals surface area contributed by atoms with Crippen LogP contribution in [-0.4, -0.2) is 18.0 Å². The summed E-state index contributed by atoms with van der Waals surface area (Å²) in [6.07, 6.45) is 1.67. The number of anilines is 1. The summed E-state index contributed by atoms with van der Waals surface area (Å²) in [5, 5.41) is 7.09. The average molecular weight is 456 g/mol. The van der Waals surface area contributed by atoms with E-state index in [9.17, 15) is 9.59 Å². The molecule has 124 valence electrons. The van der Waals surface area contributed by atoms with Crippen molar-refractivity contribution in [2.45, 2.75) is 12.8 Å². The molecule has 2 aromatic rings. The van der Waals surface area contributed by atoms with Gasteiger partial charge in [-0.05, 0) is 58.5 Å². The van der Waals surface area contributed by atoms with Gasteiger partial charge in [-0.1, -0.05) is 29.8 Å². The maximum atomic E-state index is 11.8. The van der Waals surface area contributed by atoms with Crippen LogP contribution in [0.25, 0.3) is 0 Å². The first-order chi connectivity index (χ1) is 11.5. The van der Waals surface area contributed by atoms with Gasteiger partial charge in [-0.2, -0.15) is 5.10 Å². The number of hydrogen-bond donors (Lipinski definition) is 2. The Kier molecular flexibility index (Phi) is 7.20. The van der Waals surface area contributed by atoms with Crippen molar-refractivity contribution in [2.75, 3.05) is 5.32 Å². The highest BCUT2D eigenvalue weighted by Crippen LogP contribution is 2.15. The van der Waals surface area contributed by atoms with Gasteiger partial charge in [0.15, 0.2) is 0 Å². The number of rotatable bonds is 6. The van der Waals surface area contributed by atoms with Gasteiger partial charge < -0.3 is 5.32 Å². The molecule has 2 N–H and O–H groups in total. The van der Waals surface area contributed by atoms with E-state index in [-0.39, 0.29) is 24.7 Å². The fourth-order valence-electron chi connectivity index (χ4n) is 1.80. The molecule has 0 radical (unpaired) electrons. The SMILES string of the molecule is O=C(CCC(=O)Nc1cccc(Cl)c1)NN=Cc1ccc(I)cc1. The zero-order valence-electron chi connectivity index (χ0n) is 12.6. The molecule has 2 rings (SSSR count). The lowest BCUT2D eigenvalue weighted by Gasteiger charge is -2.05. The lowest BCUT2D eigenvalue weighted by atomic mass is 10.2. The second-order valence-electron chi connectivity index (χ2n) is 4.90. The predicted octanol–water partition coefficient (Wildman–Crippen LogP) is 3.81. The van der Waals surface area contributed by atoms with Crippen LogP contribution in [0.4, 0.5) is 5.69 Å². The summed E-state index contributed by atoms with van der Waals surface area (Å²) in [6.45, 7) is 0. The Morgan fingerprint density at radius 2 is 1.79 bits per heavy atom. The third-order valence-electron chi connectivity index (χ3n) is 2.96. The zero-order chi connectivity index (χ0) is 17.4. The number of halogens is 2. The van der Waals surface area contributed by atoms with Crippen molar-refractivity contribution < 1.29 is 9.59 Å². The standard InChI is InChI=1S/C17H15ClIN3O2/c18-13-2-1-3-15(10-13)21-16(23)8-9-17(24)22-20-11-12-4-6-14(19)7-5-12/h1-7,10-11H,8-9H2,(H,21,23)(H,22,24). The molecule has 0 aliphatic rings. The Balaban J connectivity index is 1.72. The van der Waals surface area contributed by atoms with Crippen LogP contribution in [0.5, 0.6) is 0 Å². The Morgan fingerprint density at radius 3 is 2.50 bits per heavy atom. The van der Waals surface area contributed by atoms with E-state index in [4.69, 9.17) is 11.6 Å². The number of hydrogen-bond acceptors (Lipinski definition) is 3. The fraction of sp³-hybridized carbons (Fsp3) is 0.118. The van der Waals surface area contributed by atoms with Crippen LogP contribution in [0.1, 0.15) is 18.4 Å². The lowest BCUT2D eigenvalue weighted by Crippen LogP contribution is -2.20. The van der Waals surface area contributed by atoms with Crippen LogP contribution < -0.4 is 10.7 Å². The summed E-state index contributed by atoms with van der Waals surface area (Å²) in [7, 11) is 0. The van der Waals surface area contributed by atoms with Crippen LogP contribution >= 0.6 is 34.2 Å². The van der Waals surface area contributed by atoms with Gasteiger partial charge in [-0.3, -0.25) is 9.59 Å². The molecule has 0 fully saturated rings. The molecule has 0 spiro atoms. The van der Waals surface area contributed by atoms with E-state index in [0.717, 1.165) is 9.13 Å². The second-order valence-corrected chi connectivity index (χ2v) is 6.59. The zero-order valence-corrected chi connectivity index (χ0v) is 15.5. The number of benzene rings is 2. The molecule has 0 heterocycles. The number of hydrazone groups is 1. The molecule has 7 heteroatoms. The van der Waals surface area contributed by atoms with E-state index >= 15 is 0 Å². The molecule has 0 unspecified atom stereocenters. The second kappa shape index (κ2) is 9.39. The summed E-state index contributed by atoms with van der Waals surface area (Å²) in [5.41, 5.74) is 3.89. The Hall–Kier alpha value is -1.93. The van der Waals surface area contributed by atoms with Gasteiger partial charge in [-0.25, -0.2) is 5.43 Å². The summed E-state index contributed by atoms with van der Waals surface area (Å²) in [6, 6.07) is 14.5. The number of amides is 2. The topological polar surface area (TPSA) is 70.6 Å². The van der Waals surface area contributed by atoms with Crippen molar-refractivity contribution in [3.8, 4) is 0 Å². The summed E-state index contributed by atoms with van der Waals surface area (Å²) in [5.74, 6) is -0.577. The summed E-state index contributed by atoms with van der Waals surface area (Å²) in [4.78, 5) is 23.5. The van der Waals surface area contributed by atoms with Gasteiger partial charge in [-0.15, -0.1) is 0 Å². The largest absolute Gasteiger partial charge is 0.326 e. The van der Waals surface area contributed by atoms with Crippen LogP contribution in [0.15, 0.2) is 53.6 Å². The number of nitrogens with one attached hydrogen (secondary N) is 2. The quantitative estimate of drug-likeness (QED) is 0.395. The molecule has 0 saturated carbocycles. The molecular formula is C17H15ClIN3O2. The first kappa shape index (κ1) is 18.4. The minimum absolute atomic E-state index is 0.0520. The van der Waals surface area contributed by atoms with Gasteiger partial charge in [0.1, 0.15) is 0 Å². The lowest BCUT2D eigenvalue weighted by molar-refractivity contribution is -0.124. The van der Waals surface area contributed by atoms with E-state index in [1.165, 1.54) is 0 Å². The first-order valence-electron chi connectivity index (χ1n) is 7.16. The molecule has 0 aromatic heterocycles. The highest BCUT2D eigenvalue weighted by Gasteiger charge is 2.06. The van der Waals surface area contributed by atoms with E-state index in [2.05, 4.69) is 38.4 Å². The number of nitrogens with zero attached hydrogens (tertiary/aromatic N) is 1. The van der Waals surface area contributed by atoms with Crippen LogP contribution in [0, 0.1) is 3.57 Å². The summed E-state index contributed by atoms with van der Waals surface area (Å²) >= 11 is 8.05. The van der Waals surface area contributed by atoms with E-state index in [1.54, 1.807) is 30.5 Å². The molecule has 0 bridgehead atoms. The van der Waals surface area contributed by atoms with Gasteiger partial charge in [0.25, 0.3) is 0 Å². The van der Waals surface area contributed by atoms with Crippen molar-refractivity contribution >= 4 is 57.9 Å². The minimum Gasteiger partial charge on any atom is -0.326 e. The molecule has 0 saturated heterocycles. The smallest absolute Gasteiger partial charge is 0.240 e. The fourth-order valence-corrected chi connectivity index (χ4v) is 2.35. The molecule has 2 aromatic carbocycles. The van der Waals surface area contributed by atoms with E-state index in [1.807, 2.05) is 24.3 Å². The van der Waals surface area contributed by atoms with Gasteiger partial charge in [0.2, 0.25) is 11.8 Å². The maximum Gasteiger partial charge on any atom is 0.240 e. The van der Waals surface area contributed by atoms with Crippen molar-refractivity contribution in [2.24, 2.45) is 5.10 Å². The van der Waals surface area contributed by atoms with Crippen LogP contribution in [-0.2, 0) is 9.59 Å². The molecule has 24 heavy (non-hydrogen) atoms. The molecule has 0 aliphatic heterocycles. The third kappa shape index (κ3) is 6.67. The van der Waals surface area contributed by atoms with E-state index < -0.39 is 0 Å². The van der Waals surface area contributed by atoms with Gasteiger partial charge in [0, 0.05) is 27.1 Å². The highest BCUT2D eigenvalue weighted by atomic mass is 127. The molecule has 5 nitrogen and oxygen atoms in total. The predicted molar refractivity (Wildman–Crippen MR) is 104 cm³/mol. The summed E-state index contributed by atoms with van der Waals surface area (Å²) < 4.78 is 1.12. The Morgan fingerprint density at radius 1 is 1.08 bits per heavy atom. The number of carbonyl (C=O) groups excluding carboxylic acids is 2. The van der Waals surface area contributed by atoms with Gasteiger partial charge in [0.05, 0.1) is 6.21 Å². The Labute approximate surface area is 158 Å². The normalized spacial score (nSPS) is 10.6. The number of carbonyl (C=O) groups is 2. The Bertz CT molecular complexity index is 748. The van der Waals surface area contributed by atoms with Crippen molar-refractivity contribution in [3.05, 3.63) is 62.7 Å². The average Bonchev–Trinajstić information content (AvgIpc) is 2.55. The maximum absolute atomic E-state index is 11.8. The van der Waals surface area contributed by atoms with E-state index in [0.29, 0.717) is 10.7 Å². The minimum atomic E-state index is -0.321. The van der Waals surface area contributed by atoms with Gasteiger partial charge >= 0.3 is 0 Å². The molecule has 2 amide bonds. The molecule has 0 atom stereocenters. The monoisotopic (exact) mass is 455 g/mol. The molecule has 0 aliphatic carbocycles. The third-order valence-corrected chi connectivity index (χ3v) is 3.91. The molecular weight excluding hydrogens is 441 g/mol. The van der Waals surface area contributed by atoms with Crippen molar-refractivity contribution in [1.82, 2.24) is 5.43 Å². The van der Waals surface area contributed by atoms with Crippen LogP contribution in [0.3, 0.4) is 0 Å². The first-order valence-corrected chi connectivity index (χ1v) is 8.61. The van der Waals surface area contributed by atoms with Crippen molar-refractivity contribution in [3.63, 3.8) is 0 Å². The van der Waals surface area contributed by atoms with Crippen LogP contribution in [0.2, 0.25) is 5.02 Å².